The number of carbonyl (C=O) groups is 2. The number of halogens is 3. The van der Waals surface area contributed by atoms with Gasteiger partial charge in [0.05, 0.1) is 30.5 Å². The Bertz CT molecular complexity index is 1720. The maximum Gasteiger partial charge on any atom is 0.387 e. The molecular weight excluding hydrogens is 638 g/mol. The van der Waals surface area contributed by atoms with Gasteiger partial charge in [0.1, 0.15) is 30.3 Å². The molecule has 0 bridgehead atoms. The molecule has 1 amide bonds. The molecular formula is C31H35ClF2N8O5. The van der Waals surface area contributed by atoms with Crippen LogP contribution in [0.1, 0.15) is 19.8 Å². The lowest BCUT2D eigenvalue weighted by Crippen LogP contribution is -2.47. The van der Waals surface area contributed by atoms with Crippen LogP contribution in [-0.4, -0.2) is 105 Å². The van der Waals surface area contributed by atoms with Crippen LogP contribution in [-0.2, 0) is 25.6 Å². The summed E-state index contributed by atoms with van der Waals surface area (Å²) in [6, 6.07) is 5.99. The Balaban J connectivity index is 1.16. The van der Waals surface area contributed by atoms with Crippen molar-refractivity contribution in [1.82, 2.24) is 34.2 Å². The monoisotopic (exact) mass is 672 g/mol. The molecule has 2 saturated heterocycles. The van der Waals surface area contributed by atoms with E-state index in [1.54, 1.807) is 40.3 Å². The number of ether oxygens (including phenoxy) is 3. The summed E-state index contributed by atoms with van der Waals surface area (Å²) in [5, 5.41) is 12.4. The van der Waals surface area contributed by atoms with Gasteiger partial charge in [0.25, 0.3) is 0 Å². The summed E-state index contributed by atoms with van der Waals surface area (Å²) in [7, 11) is 0. The number of benzene rings is 1. The fourth-order valence-electron chi connectivity index (χ4n) is 5.70. The SMILES string of the molecule is CC1(C(=O)OCCN2CCOCC2)CCN(C(=O)Cn2cc(Nc3cnn4cccnc34)c(-c3cc(Cl)ccc3OC(F)F)n2)CC1. The molecule has 0 saturated carbocycles. The van der Waals surface area contributed by atoms with E-state index in [1.165, 1.54) is 22.9 Å². The van der Waals surface area contributed by atoms with Crippen LogP contribution in [0, 0.1) is 5.41 Å². The smallest absolute Gasteiger partial charge is 0.387 e. The molecule has 2 aliphatic heterocycles. The van der Waals surface area contributed by atoms with Gasteiger partial charge in [0.2, 0.25) is 5.91 Å². The second kappa shape index (κ2) is 14.2. The molecule has 250 valence electrons. The molecule has 2 aliphatic rings. The number of alkyl halides is 2. The van der Waals surface area contributed by atoms with Gasteiger partial charge < -0.3 is 24.4 Å². The summed E-state index contributed by atoms with van der Waals surface area (Å²) in [5.74, 6) is -0.592. The first-order chi connectivity index (χ1) is 22.7. The van der Waals surface area contributed by atoms with E-state index in [9.17, 15) is 18.4 Å². The van der Waals surface area contributed by atoms with Crippen molar-refractivity contribution >= 4 is 40.5 Å². The van der Waals surface area contributed by atoms with E-state index in [-0.39, 0.29) is 40.5 Å². The number of nitrogens with zero attached hydrogens (tertiary/aromatic N) is 7. The number of amides is 1. The van der Waals surface area contributed by atoms with Crippen molar-refractivity contribution in [3.05, 3.63) is 54.1 Å². The molecule has 16 heteroatoms. The average Bonchev–Trinajstić information content (AvgIpc) is 3.66. The molecule has 0 aliphatic carbocycles. The minimum absolute atomic E-state index is 0.130. The number of carbonyl (C=O) groups excluding carboxylic acids is 2. The second-order valence-corrected chi connectivity index (χ2v) is 12.1. The highest BCUT2D eigenvalue weighted by Gasteiger charge is 2.39. The number of anilines is 2. The number of aromatic nitrogens is 5. The maximum absolute atomic E-state index is 13.5. The fraction of sp³-hybridized carbons (Fsp3) is 0.452. The first-order valence-corrected chi connectivity index (χ1v) is 15.7. The Morgan fingerprint density at radius 1 is 1.15 bits per heavy atom. The number of hydrogen-bond donors (Lipinski definition) is 1. The molecule has 0 unspecified atom stereocenters. The van der Waals surface area contributed by atoms with Gasteiger partial charge in [0.15, 0.2) is 5.65 Å². The van der Waals surface area contributed by atoms with Crippen molar-refractivity contribution in [2.24, 2.45) is 5.41 Å². The molecule has 6 rings (SSSR count). The minimum Gasteiger partial charge on any atom is -0.464 e. The highest BCUT2D eigenvalue weighted by atomic mass is 35.5. The maximum atomic E-state index is 13.5. The lowest BCUT2D eigenvalue weighted by Gasteiger charge is -2.37. The number of rotatable bonds is 11. The zero-order valence-corrected chi connectivity index (χ0v) is 26.5. The zero-order valence-electron chi connectivity index (χ0n) is 25.8. The minimum atomic E-state index is -3.08. The van der Waals surface area contributed by atoms with Gasteiger partial charge in [-0.25, -0.2) is 9.50 Å². The molecule has 47 heavy (non-hydrogen) atoms. The van der Waals surface area contributed by atoms with Crippen molar-refractivity contribution < 1.29 is 32.6 Å². The number of nitrogens with one attached hydrogen (secondary N) is 1. The zero-order chi connectivity index (χ0) is 33.0. The summed E-state index contributed by atoms with van der Waals surface area (Å²) < 4.78 is 45.4. The summed E-state index contributed by atoms with van der Waals surface area (Å²) in [6.45, 7) is 3.41. The summed E-state index contributed by atoms with van der Waals surface area (Å²) in [5.41, 5.74) is 1.20. The lowest BCUT2D eigenvalue weighted by atomic mass is 9.80. The number of likely N-dealkylation sites (tertiary alicyclic amines) is 1. The highest BCUT2D eigenvalue weighted by Crippen LogP contribution is 2.38. The average molecular weight is 673 g/mol. The van der Waals surface area contributed by atoms with E-state index in [0.29, 0.717) is 69.3 Å². The number of esters is 1. The van der Waals surface area contributed by atoms with Crippen LogP contribution in [0.4, 0.5) is 20.2 Å². The normalized spacial score (nSPS) is 16.8. The third-order valence-corrected chi connectivity index (χ3v) is 8.71. The standard InChI is InChI=1S/C31H35ClF2N8O5/c1-31(29(44)46-16-13-39-11-14-45-15-12-39)5-9-40(10-6-31)26(43)20-41-19-24(37-23-18-36-42-8-2-7-35-28(23)42)27(38-41)22-17-21(32)3-4-25(22)47-30(33)34/h2-4,7-8,17-19,30,37H,5-6,9-16,20H2,1H3. The molecule has 0 radical (unpaired) electrons. The summed E-state index contributed by atoms with van der Waals surface area (Å²) in [6.07, 6.45) is 7.45. The number of hydrogen-bond acceptors (Lipinski definition) is 10. The van der Waals surface area contributed by atoms with Crippen LogP contribution < -0.4 is 10.1 Å². The third kappa shape index (κ3) is 7.63. The molecule has 5 heterocycles. The van der Waals surface area contributed by atoms with Crippen LogP contribution in [0.3, 0.4) is 0 Å². The van der Waals surface area contributed by atoms with Gasteiger partial charge in [-0.1, -0.05) is 11.6 Å². The number of fused-ring (bicyclic) bond motifs is 1. The molecule has 2 fully saturated rings. The van der Waals surface area contributed by atoms with Gasteiger partial charge >= 0.3 is 12.6 Å². The largest absolute Gasteiger partial charge is 0.464 e. The molecule has 4 aromatic rings. The molecule has 1 aromatic carbocycles. The quantitative estimate of drug-likeness (QED) is 0.233. The van der Waals surface area contributed by atoms with E-state index < -0.39 is 12.0 Å². The second-order valence-electron chi connectivity index (χ2n) is 11.7. The van der Waals surface area contributed by atoms with Gasteiger partial charge in [-0.05, 0) is 44.0 Å². The van der Waals surface area contributed by atoms with Gasteiger partial charge in [-0.15, -0.1) is 0 Å². The number of morpholine rings is 1. The van der Waals surface area contributed by atoms with Crippen LogP contribution in [0.5, 0.6) is 5.75 Å². The van der Waals surface area contributed by atoms with Crippen LogP contribution in [0.15, 0.2) is 49.1 Å². The first kappa shape index (κ1) is 32.6. The van der Waals surface area contributed by atoms with E-state index in [0.717, 1.165) is 13.1 Å². The lowest BCUT2D eigenvalue weighted by molar-refractivity contribution is -0.160. The predicted octanol–water partition coefficient (Wildman–Crippen LogP) is 4.10. The van der Waals surface area contributed by atoms with Gasteiger partial charge in [0, 0.05) is 61.9 Å². The number of piperidine rings is 1. The van der Waals surface area contributed by atoms with E-state index in [1.807, 2.05) is 6.92 Å². The van der Waals surface area contributed by atoms with E-state index in [4.69, 9.17) is 25.8 Å². The van der Waals surface area contributed by atoms with E-state index >= 15 is 0 Å². The van der Waals surface area contributed by atoms with Gasteiger partial charge in [-0.3, -0.25) is 19.2 Å². The topological polar surface area (TPSA) is 128 Å². The Labute approximate surface area is 274 Å². The van der Waals surface area contributed by atoms with Crippen molar-refractivity contribution in [3.63, 3.8) is 0 Å². The Morgan fingerprint density at radius 3 is 2.70 bits per heavy atom. The predicted molar refractivity (Wildman–Crippen MR) is 168 cm³/mol. The first-order valence-electron chi connectivity index (χ1n) is 15.3. The Kier molecular flexibility index (Phi) is 9.84. The van der Waals surface area contributed by atoms with Crippen LogP contribution >= 0.6 is 11.6 Å². The molecule has 0 atom stereocenters. The summed E-state index contributed by atoms with van der Waals surface area (Å²) in [4.78, 5) is 34.7. The van der Waals surface area contributed by atoms with Crippen molar-refractivity contribution in [3.8, 4) is 17.0 Å². The molecule has 1 N–H and O–H groups in total. The third-order valence-electron chi connectivity index (χ3n) is 8.48. The van der Waals surface area contributed by atoms with Crippen molar-refractivity contribution in [2.75, 3.05) is 57.9 Å². The Morgan fingerprint density at radius 2 is 1.94 bits per heavy atom. The van der Waals surface area contributed by atoms with Crippen molar-refractivity contribution in [2.45, 2.75) is 32.9 Å². The molecule has 3 aromatic heterocycles. The highest BCUT2D eigenvalue weighted by molar-refractivity contribution is 6.31. The van der Waals surface area contributed by atoms with Gasteiger partial charge in [-0.2, -0.15) is 19.0 Å². The Hall–Kier alpha value is -4.34. The van der Waals surface area contributed by atoms with E-state index in [2.05, 4.69) is 25.4 Å². The molecule has 13 nitrogen and oxygen atoms in total. The van der Waals surface area contributed by atoms with Crippen LogP contribution in [0.25, 0.3) is 16.9 Å². The van der Waals surface area contributed by atoms with Crippen molar-refractivity contribution in [1.29, 1.82) is 0 Å². The summed E-state index contributed by atoms with van der Waals surface area (Å²) >= 11 is 6.26. The molecule has 0 spiro atoms. The van der Waals surface area contributed by atoms with Crippen LogP contribution in [0.2, 0.25) is 5.02 Å². The fourth-order valence-corrected chi connectivity index (χ4v) is 5.87.